The van der Waals surface area contributed by atoms with Crippen molar-refractivity contribution in [3.05, 3.63) is 30.1 Å². The highest BCUT2D eigenvalue weighted by Gasteiger charge is 2.31. The zero-order valence-electron chi connectivity index (χ0n) is 15.5. The lowest BCUT2D eigenvalue weighted by Crippen LogP contribution is -3.15. The molecule has 0 unspecified atom stereocenters. The zero-order chi connectivity index (χ0) is 20.0. The summed E-state index contributed by atoms with van der Waals surface area (Å²) >= 11 is 0. The zero-order valence-corrected chi connectivity index (χ0v) is 16.3. The van der Waals surface area contributed by atoms with Gasteiger partial charge in [0.25, 0.3) is 5.91 Å². The van der Waals surface area contributed by atoms with Gasteiger partial charge in [0.05, 0.1) is 31.1 Å². The normalized spacial score (nSPS) is 17.3. The van der Waals surface area contributed by atoms with Crippen LogP contribution >= 0.6 is 0 Å². The summed E-state index contributed by atoms with van der Waals surface area (Å²) in [5.41, 5.74) is 0. The van der Waals surface area contributed by atoms with Gasteiger partial charge in [-0.1, -0.05) is 6.92 Å². The fourth-order valence-corrected chi connectivity index (χ4v) is 4.18. The number of nitrogens with one attached hydrogen (secondary N) is 3. The first-order valence-electron chi connectivity index (χ1n) is 8.92. The second-order valence-corrected chi connectivity index (χ2v) is 8.55. The molecule has 8 nitrogen and oxygen atoms in total. The molecule has 3 amide bonds. The summed E-state index contributed by atoms with van der Waals surface area (Å²) in [6.45, 7) is 5.26. The number of hydrogen-bond donors (Lipinski definition) is 3. The Morgan fingerprint density at radius 1 is 1.22 bits per heavy atom. The van der Waals surface area contributed by atoms with Crippen LogP contribution in [0.4, 0.5) is 9.18 Å². The minimum absolute atomic E-state index is 0.0228. The Labute approximate surface area is 158 Å². The van der Waals surface area contributed by atoms with E-state index in [0.717, 1.165) is 23.5 Å². The fraction of sp³-hybridized carbons (Fsp3) is 0.529. The van der Waals surface area contributed by atoms with Gasteiger partial charge in [-0.2, -0.15) is 4.31 Å². The number of amides is 3. The maximum atomic E-state index is 13.0. The number of hydrogen-bond acceptors (Lipinski definition) is 4. The molecule has 1 aromatic rings. The molecule has 0 aromatic heterocycles. The van der Waals surface area contributed by atoms with E-state index in [1.807, 2.05) is 13.8 Å². The predicted molar refractivity (Wildman–Crippen MR) is 97.1 cm³/mol. The minimum Gasteiger partial charge on any atom is -0.335 e. The third-order valence-corrected chi connectivity index (χ3v) is 6.45. The number of carbonyl (C=O) groups is 2. The average molecular weight is 401 g/mol. The Balaban J connectivity index is 1.83. The van der Waals surface area contributed by atoms with E-state index in [2.05, 4.69) is 10.6 Å². The molecule has 150 valence electrons. The van der Waals surface area contributed by atoms with Gasteiger partial charge in [-0.3, -0.25) is 10.1 Å². The quantitative estimate of drug-likeness (QED) is 0.589. The molecular weight excluding hydrogens is 375 g/mol. The number of benzene rings is 1. The summed E-state index contributed by atoms with van der Waals surface area (Å²) in [5, 5.41) is 4.94. The average Bonchev–Trinajstić information content (AvgIpc) is 2.62. The fourth-order valence-electron chi connectivity index (χ4n) is 2.74. The number of halogens is 1. The number of urea groups is 1. The van der Waals surface area contributed by atoms with Crippen LogP contribution in [0.25, 0.3) is 0 Å². The van der Waals surface area contributed by atoms with Gasteiger partial charge < -0.3 is 10.2 Å². The van der Waals surface area contributed by atoms with E-state index < -0.39 is 27.8 Å². The molecule has 1 aliphatic heterocycles. The molecule has 2 rings (SSSR count). The first-order valence-corrected chi connectivity index (χ1v) is 10.4. The number of sulfonamides is 1. The van der Waals surface area contributed by atoms with E-state index in [1.165, 1.54) is 16.4 Å². The molecule has 1 heterocycles. The lowest BCUT2D eigenvalue weighted by atomic mass is 10.3. The van der Waals surface area contributed by atoms with E-state index in [0.29, 0.717) is 13.1 Å². The summed E-state index contributed by atoms with van der Waals surface area (Å²) in [6.07, 6.45) is 0.761. The van der Waals surface area contributed by atoms with Crippen molar-refractivity contribution in [1.29, 1.82) is 0 Å². The van der Waals surface area contributed by atoms with Gasteiger partial charge in [-0.05, 0) is 37.6 Å². The Bertz CT molecular complexity index is 762. The summed E-state index contributed by atoms with van der Waals surface area (Å²) < 4.78 is 39.5. The van der Waals surface area contributed by atoms with Crippen molar-refractivity contribution in [3.8, 4) is 0 Å². The van der Waals surface area contributed by atoms with Crippen molar-refractivity contribution < 1.29 is 27.3 Å². The largest absolute Gasteiger partial charge is 0.335 e. The standard InChI is InChI=1S/C17H25FN4O4S/c1-3-13(2)19-17(24)20-16(23)12-21-8-10-22(11-9-21)27(25,26)15-6-4-14(18)5-7-15/h4-7,13H,3,8-12H2,1-2H3,(H2,19,20,23,24)/p+1/t13-/m0/s1. The maximum absolute atomic E-state index is 13.0. The topological polar surface area (TPSA) is 100 Å². The van der Waals surface area contributed by atoms with Crippen LogP contribution < -0.4 is 15.5 Å². The number of quaternary nitrogens is 1. The molecule has 3 N–H and O–H groups in total. The maximum Gasteiger partial charge on any atom is 0.321 e. The van der Waals surface area contributed by atoms with Gasteiger partial charge in [-0.25, -0.2) is 17.6 Å². The van der Waals surface area contributed by atoms with Gasteiger partial charge in [0.15, 0.2) is 6.54 Å². The SMILES string of the molecule is CC[C@H](C)NC(=O)NC(=O)C[NH+]1CCN(S(=O)(=O)c2ccc(F)cc2)CC1. The van der Waals surface area contributed by atoms with E-state index in [9.17, 15) is 22.4 Å². The number of piperazine rings is 1. The van der Waals surface area contributed by atoms with E-state index in [1.54, 1.807) is 0 Å². The lowest BCUT2D eigenvalue weighted by molar-refractivity contribution is -0.895. The van der Waals surface area contributed by atoms with Crippen LogP contribution in [0, 0.1) is 5.82 Å². The van der Waals surface area contributed by atoms with Crippen LogP contribution in [0.3, 0.4) is 0 Å². The second kappa shape index (κ2) is 9.25. The molecule has 1 fully saturated rings. The van der Waals surface area contributed by atoms with Crippen LogP contribution in [0.5, 0.6) is 0 Å². The summed E-state index contributed by atoms with van der Waals surface area (Å²) in [5.74, 6) is -0.896. The second-order valence-electron chi connectivity index (χ2n) is 6.62. The molecule has 0 bridgehead atoms. The molecule has 10 heteroatoms. The van der Waals surface area contributed by atoms with E-state index in [-0.39, 0.29) is 30.6 Å². The minimum atomic E-state index is -3.68. The van der Waals surface area contributed by atoms with Crippen molar-refractivity contribution in [2.75, 3.05) is 32.7 Å². The molecule has 1 saturated heterocycles. The van der Waals surface area contributed by atoms with E-state index >= 15 is 0 Å². The van der Waals surface area contributed by atoms with Gasteiger partial charge in [0.1, 0.15) is 5.82 Å². The van der Waals surface area contributed by atoms with Crippen LogP contribution in [0.15, 0.2) is 29.2 Å². The monoisotopic (exact) mass is 401 g/mol. The highest BCUT2D eigenvalue weighted by atomic mass is 32.2. The summed E-state index contributed by atoms with van der Waals surface area (Å²) in [4.78, 5) is 24.6. The van der Waals surface area contributed by atoms with Crippen LogP contribution in [0.1, 0.15) is 20.3 Å². The Hall–Kier alpha value is -2.04. The third-order valence-electron chi connectivity index (χ3n) is 4.53. The molecule has 0 radical (unpaired) electrons. The van der Waals surface area contributed by atoms with Gasteiger partial charge in [0.2, 0.25) is 10.0 Å². The third kappa shape index (κ3) is 5.98. The van der Waals surface area contributed by atoms with Crippen LogP contribution in [-0.2, 0) is 14.8 Å². The molecule has 1 aromatic carbocycles. The Morgan fingerprint density at radius 2 is 1.81 bits per heavy atom. The van der Waals surface area contributed by atoms with Gasteiger partial charge in [-0.15, -0.1) is 0 Å². The van der Waals surface area contributed by atoms with Crippen molar-refractivity contribution in [3.63, 3.8) is 0 Å². The van der Waals surface area contributed by atoms with Crippen molar-refractivity contribution >= 4 is 22.0 Å². The first-order chi connectivity index (χ1) is 12.7. The van der Waals surface area contributed by atoms with Crippen molar-refractivity contribution in [1.82, 2.24) is 14.9 Å². The lowest BCUT2D eigenvalue weighted by Gasteiger charge is -2.31. The highest BCUT2D eigenvalue weighted by Crippen LogP contribution is 2.15. The number of nitrogens with zero attached hydrogens (tertiary/aromatic N) is 1. The van der Waals surface area contributed by atoms with Crippen molar-refractivity contribution in [2.24, 2.45) is 0 Å². The Morgan fingerprint density at radius 3 is 2.37 bits per heavy atom. The summed E-state index contributed by atoms with van der Waals surface area (Å²) in [6, 6.07) is 4.17. The predicted octanol–water partition coefficient (Wildman–Crippen LogP) is -0.661. The number of imide groups is 1. The summed E-state index contributed by atoms with van der Waals surface area (Å²) in [7, 11) is -3.68. The molecule has 1 aliphatic rings. The van der Waals surface area contributed by atoms with Gasteiger partial charge >= 0.3 is 6.03 Å². The molecule has 0 spiro atoms. The molecular formula is C17H26FN4O4S+. The molecule has 0 aliphatic carbocycles. The number of rotatable bonds is 6. The first kappa shape index (κ1) is 21.3. The van der Waals surface area contributed by atoms with Crippen LogP contribution in [0.2, 0.25) is 0 Å². The smallest absolute Gasteiger partial charge is 0.321 e. The molecule has 1 atom stereocenters. The van der Waals surface area contributed by atoms with Gasteiger partial charge in [0, 0.05) is 6.04 Å². The number of carbonyl (C=O) groups excluding carboxylic acids is 2. The Kier molecular flexibility index (Phi) is 7.28. The van der Waals surface area contributed by atoms with Crippen molar-refractivity contribution in [2.45, 2.75) is 31.2 Å². The van der Waals surface area contributed by atoms with Crippen LogP contribution in [-0.4, -0.2) is 63.4 Å². The molecule has 0 saturated carbocycles. The highest BCUT2D eigenvalue weighted by molar-refractivity contribution is 7.89. The van der Waals surface area contributed by atoms with E-state index in [4.69, 9.17) is 0 Å². The molecule has 27 heavy (non-hydrogen) atoms.